The predicted octanol–water partition coefficient (Wildman–Crippen LogP) is 2.59. The number of halogens is 1. The first-order valence-corrected chi connectivity index (χ1v) is 6.90. The van der Waals surface area contributed by atoms with Gasteiger partial charge in [0.2, 0.25) is 0 Å². The average molecular weight is 317 g/mol. The molecule has 3 rings (SSSR count). The van der Waals surface area contributed by atoms with E-state index in [1.54, 1.807) is 16.8 Å². The summed E-state index contributed by atoms with van der Waals surface area (Å²) < 4.78 is 32.1. The first kappa shape index (κ1) is 15.6. The Balaban J connectivity index is 0.000000545. The van der Waals surface area contributed by atoms with Crippen molar-refractivity contribution < 1.29 is 12.8 Å². The molecule has 0 saturated heterocycles. The highest BCUT2D eigenvalue weighted by atomic mass is 32.1. The number of hydrogen-bond donors (Lipinski definition) is 1. The van der Waals surface area contributed by atoms with Crippen molar-refractivity contribution in [3.05, 3.63) is 66.6 Å². The van der Waals surface area contributed by atoms with Gasteiger partial charge in [-0.25, -0.2) is 9.07 Å². The summed E-state index contributed by atoms with van der Waals surface area (Å²) in [6.07, 6.45) is 1.22. The largest absolute Gasteiger partial charge is 0.399 e. The van der Waals surface area contributed by atoms with E-state index in [1.165, 1.54) is 6.20 Å². The lowest BCUT2D eigenvalue weighted by molar-refractivity contribution is 0.629. The summed E-state index contributed by atoms with van der Waals surface area (Å²) in [6, 6.07) is 16.5. The summed E-state index contributed by atoms with van der Waals surface area (Å²) in [4.78, 5) is 0. The molecular weight excluding hydrogens is 305 g/mol. The summed E-state index contributed by atoms with van der Waals surface area (Å²) in [7, 11) is 0. The quantitative estimate of drug-likeness (QED) is 0.737. The molecule has 22 heavy (non-hydrogen) atoms. The summed E-state index contributed by atoms with van der Waals surface area (Å²) in [5.74, 6) is -0.344. The van der Waals surface area contributed by atoms with E-state index >= 15 is 0 Å². The van der Waals surface area contributed by atoms with Gasteiger partial charge in [-0.2, -0.15) is 13.5 Å². The van der Waals surface area contributed by atoms with Crippen LogP contribution in [0.15, 0.2) is 60.8 Å². The molecular formula is C15H12FN3O2S. The van der Waals surface area contributed by atoms with E-state index in [2.05, 4.69) is 5.10 Å². The van der Waals surface area contributed by atoms with Crippen LogP contribution < -0.4 is 5.73 Å². The molecule has 0 aliphatic rings. The number of nitrogens with two attached hydrogens (primary N) is 1. The van der Waals surface area contributed by atoms with Crippen LogP contribution in [0.3, 0.4) is 0 Å². The van der Waals surface area contributed by atoms with Crippen LogP contribution in [0.1, 0.15) is 0 Å². The second-order valence-corrected chi connectivity index (χ2v) is 4.41. The number of hydrogen-bond acceptors (Lipinski definition) is 4. The third-order valence-corrected chi connectivity index (χ3v) is 2.91. The zero-order chi connectivity index (χ0) is 15.9. The SMILES string of the molecule is Nc1ccc(-n2ncc(F)c2-c2ccccc2)cc1.O=S=O. The number of benzene rings is 2. The Morgan fingerprint density at radius 2 is 1.59 bits per heavy atom. The number of aromatic nitrogens is 2. The third-order valence-electron chi connectivity index (χ3n) is 2.91. The van der Waals surface area contributed by atoms with E-state index < -0.39 is 11.6 Å². The van der Waals surface area contributed by atoms with Crippen LogP contribution in [-0.2, 0) is 11.6 Å². The van der Waals surface area contributed by atoms with Crippen LogP contribution in [0.4, 0.5) is 10.1 Å². The Morgan fingerprint density at radius 3 is 2.18 bits per heavy atom. The molecule has 2 aromatic carbocycles. The molecule has 7 heteroatoms. The Hall–Kier alpha value is -2.80. The second-order valence-electron chi connectivity index (χ2n) is 4.28. The highest BCUT2D eigenvalue weighted by Crippen LogP contribution is 2.25. The highest BCUT2D eigenvalue weighted by Gasteiger charge is 2.13. The van der Waals surface area contributed by atoms with Gasteiger partial charge in [0.05, 0.1) is 11.9 Å². The number of rotatable bonds is 2. The van der Waals surface area contributed by atoms with E-state index in [0.29, 0.717) is 11.4 Å². The molecule has 1 heterocycles. The first-order valence-electron chi connectivity index (χ1n) is 6.24. The van der Waals surface area contributed by atoms with Gasteiger partial charge in [-0.1, -0.05) is 30.3 Å². The van der Waals surface area contributed by atoms with Crippen LogP contribution in [0.5, 0.6) is 0 Å². The van der Waals surface area contributed by atoms with Gasteiger partial charge in [0, 0.05) is 11.3 Å². The minimum atomic E-state index is -0.750. The van der Waals surface area contributed by atoms with Gasteiger partial charge in [-0.05, 0) is 24.3 Å². The molecule has 0 amide bonds. The predicted molar refractivity (Wildman–Crippen MR) is 82.3 cm³/mol. The van der Waals surface area contributed by atoms with Crippen molar-refractivity contribution >= 4 is 17.3 Å². The molecule has 2 N–H and O–H groups in total. The lowest BCUT2D eigenvalue weighted by Crippen LogP contribution is -1.99. The van der Waals surface area contributed by atoms with Crippen molar-refractivity contribution in [2.75, 3.05) is 5.73 Å². The smallest absolute Gasteiger partial charge is 0.335 e. The van der Waals surface area contributed by atoms with Crippen molar-refractivity contribution in [1.29, 1.82) is 0 Å². The van der Waals surface area contributed by atoms with Gasteiger partial charge in [0.25, 0.3) is 0 Å². The molecule has 0 unspecified atom stereocenters. The molecule has 0 radical (unpaired) electrons. The zero-order valence-electron chi connectivity index (χ0n) is 11.3. The van der Waals surface area contributed by atoms with Crippen LogP contribution in [-0.4, -0.2) is 18.2 Å². The Bertz CT molecular complexity index is 782. The fourth-order valence-electron chi connectivity index (χ4n) is 2.00. The summed E-state index contributed by atoms with van der Waals surface area (Å²) >= 11 is -0.750. The minimum Gasteiger partial charge on any atom is -0.399 e. The molecule has 0 aliphatic heterocycles. The van der Waals surface area contributed by atoms with Crippen molar-refractivity contribution in [3.8, 4) is 16.9 Å². The van der Waals surface area contributed by atoms with Gasteiger partial charge in [0.1, 0.15) is 5.69 Å². The molecule has 112 valence electrons. The summed E-state index contributed by atoms with van der Waals surface area (Å²) in [5.41, 5.74) is 8.33. The maximum Gasteiger partial charge on any atom is 0.335 e. The van der Waals surface area contributed by atoms with Gasteiger partial charge in [-0.15, -0.1) is 0 Å². The maximum atomic E-state index is 14.0. The lowest BCUT2D eigenvalue weighted by atomic mass is 10.1. The molecule has 5 nitrogen and oxygen atoms in total. The molecule has 0 spiro atoms. The molecule has 3 aromatic rings. The Labute approximate surface area is 129 Å². The van der Waals surface area contributed by atoms with E-state index in [-0.39, 0.29) is 5.82 Å². The van der Waals surface area contributed by atoms with Gasteiger partial charge in [0.15, 0.2) is 5.82 Å². The van der Waals surface area contributed by atoms with Crippen LogP contribution in [0.2, 0.25) is 0 Å². The van der Waals surface area contributed by atoms with Crippen molar-refractivity contribution in [2.45, 2.75) is 0 Å². The van der Waals surface area contributed by atoms with Gasteiger partial charge < -0.3 is 5.73 Å². The van der Waals surface area contributed by atoms with Crippen LogP contribution in [0.25, 0.3) is 16.9 Å². The monoisotopic (exact) mass is 317 g/mol. The Kier molecular flexibility index (Phi) is 5.16. The maximum absolute atomic E-state index is 14.0. The molecule has 0 saturated carbocycles. The number of nitrogen functional groups attached to an aromatic ring is 1. The standard InChI is InChI=1S/C15H12FN3.O2S/c16-14-10-18-19(13-8-6-12(17)7-9-13)15(14)11-4-2-1-3-5-11;1-3-2/h1-10H,17H2;. The summed E-state index contributed by atoms with van der Waals surface area (Å²) in [5, 5.41) is 4.09. The van der Waals surface area contributed by atoms with Crippen LogP contribution in [0, 0.1) is 5.82 Å². The molecule has 0 aliphatic carbocycles. The Morgan fingerprint density at radius 1 is 1.00 bits per heavy atom. The fourth-order valence-corrected chi connectivity index (χ4v) is 2.00. The van der Waals surface area contributed by atoms with Gasteiger partial charge >= 0.3 is 11.6 Å². The third kappa shape index (κ3) is 3.44. The minimum absolute atomic E-state index is 0.344. The van der Waals surface area contributed by atoms with Crippen LogP contribution >= 0.6 is 0 Å². The summed E-state index contributed by atoms with van der Waals surface area (Å²) in [6.45, 7) is 0. The van der Waals surface area contributed by atoms with E-state index in [9.17, 15) is 4.39 Å². The zero-order valence-corrected chi connectivity index (χ0v) is 12.2. The van der Waals surface area contributed by atoms with Crippen molar-refractivity contribution in [1.82, 2.24) is 9.78 Å². The lowest BCUT2D eigenvalue weighted by Gasteiger charge is -2.08. The van der Waals surface area contributed by atoms with Gasteiger partial charge in [-0.3, -0.25) is 0 Å². The normalized spacial score (nSPS) is 9.68. The average Bonchev–Trinajstić information content (AvgIpc) is 2.91. The van der Waals surface area contributed by atoms with E-state index in [0.717, 1.165) is 11.3 Å². The molecule has 0 atom stereocenters. The first-order chi connectivity index (χ1) is 10.7. The van der Waals surface area contributed by atoms with Crippen molar-refractivity contribution in [3.63, 3.8) is 0 Å². The fraction of sp³-hybridized carbons (Fsp3) is 0. The van der Waals surface area contributed by atoms with Crippen molar-refractivity contribution in [2.24, 2.45) is 0 Å². The molecule has 1 aromatic heterocycles. The van der Waals surface area contributed by atoms with E-state index in [4.69, 9.17) is 14.2 Å². The molecule has 0 bridgehead atoms. The van der Waals surface area contributed by atoms with E-state index in [1.807, 2.05) is 42.5 Å². The second kappa shape index (κ2) is 7.28. The molecule has 0 fully saturated rings. The topological polar surface area (TPSA) is 78.0 Å². The highest BCUT2D eigenvalue weighted by molar-refractivity contribution is 7.51. The number of nitrogens with zero attached hydrogens (tertiary/aromatic N) is 2. The number of anilines is 1.